The van der Waals surface area contributed by atoms with Crippen LogP contribution in [-0.2, 0) is 14.3 Å². The molecule has 2 N–H and O–H groups in total. The van der Waals surface area contributed by atoms with Crippen LogP contribution in [0.5, 0.6) is 5.75 Å². The fourth-order valence-electron chi connectivity index (χ4n) is 2.44. The number of carbonyl (C=O) groups excluding carboxylic acids is 3. The Bertz CT molecular complexity index is 855. The van der Waals surface area contributed by atoms with Crippen LogP contribution >= 0.6 is 11.8 Å². The summed E-state index contributed by atoms with van der Waals surface area (Å²) >= 11 is 1.21. The quantitative estimate of drug-likeness (QED) is 0.524. The zero-order valence-electron chi connectivity index (χ0n) is 17.1. The number of amides is 2. The third-order valence-electron chi connectivity index (χ3n) is 3.77. The van der Waals surface area contributed by atoms with Crippen LogP contribution in [0.15, 0.2) is 48.5 Å². The fourth-order valence-corrected chi connectivity index (χ4v) is 3.06. The van der Waals surface area contributed by atoms with Gasteiger partial charge in [-0.15, -0.1) is 11.8 Å². The van der Waals surface area contributed by atoms with Crippen molar-refractivity contribution in [3.05, 3.63) is 54.1 Å². The lowest BCUT2D eigenvalue weighted by molar-refractivity contribution is -0.114. The number of benzene rings is 2. The first-order valence-electron chi connectivity index (χ1n) is 9.70. The number of esters is 1. The number of ether oxygens (including phenoxy) is 2. The molecule has 0 spiro atoms. The van der Waals surface area contributed by atoms with E-state index in [9.17, 15) is 14.4 Å². The normalized spacial score (nSPS) is 10.2. The van der Waals surface area contributed by atoms with E-state index in [0.29, 0.717) is 35.9 Å². The summed E-state index contributed by atoms with van der Waals surface area (Å²) in [5.74, 6) is 0.0377. The average Bonchev–Trinajstić information content (AvgIpc) is 2.74. The maximum atomic E-state index is 12.1. The van der Waals surface area contributed by atoms with Gasteiger partial charge in [0.05, 0.1) is 36.0 Å². The molecule has 7 nitrogen and oxygen atoms in total. The Morgan fingerprint density at radius 3 is 2.23 bits per heavy atom. The summed E-state index contributed by atoms with van der Waals surface area (Å²) in [6, 6.07) is 13.7. The van der Waals surface area contributed by atoms with Crippen LogP contribution in [0, 0.1) is 0 Å². The number of carbonyl (C=O) groups is 3. The Kier molecular flexibility index (Phi) is 9.73. The monoisotopic (exact) mass is 430 g/mol. The van der Waals surface area contributed by atoms with Crippen molar-refractivity contribution in [1.82, 2.24) is 0 Å². The average molecular weight is 431 g/mol. The van der Waals surface area contributed by atoms with Crippen molar-refractivity contribution in [3.8, 4) is 5.75 Å². The van der Waals surface area contributed by atoms with Crippen LogP contribution in [0.3, 0.4) is 0 Å². The van der Waals surface area contributed by atoms with E-state index in [1.54, 1.807) is 36.4 Å². The van der Waals surface area contributed by atoms with Crippen molar-refractivity contribution < 1.29 is 23.9 Å². The molecular weight excluding hydrogens is 404 g/mol. The van der Waals surface area contributed by atoms with Gasteiger partial charge in [-0.1, -0.05) is 19.1 Å². The Morgan fingerprint density at radius 2 is 1.57 bits per heavy atom. The Labute approximate surface area is 180 Å². The maximum Gasteiger partial charge on any atom is 0.338 e. The molecule has 0 saturated carbocycles. The molecule has 2 aromatic rings. The number of hydrogen-bond donors (Lipinski definition) is 2. The lowest BCUT2D eigenvalue weighted by atomic mass is 10.2. The Hall–Kier alpha value is -3.00. The topological polar surface area (TPSA) is 93.7 Å². The highest BCUT2D eigenvalue weighted by molar-refractivity contribution is 8.00. The van der Waals surface area contributed by atoms with E-state index in [2.05, 4.69) is 10.6 Å². The first kappa shape index (κ1) is 23.3. The standard InChI is InChI=1S/C22H26N2O5S/c1-3-13-29-22(27)16-9-11-17(12-10-16)23-20(25)14-30-15-21(26)24-18-7-5-6-8-19(18)28-4-2/h5-12H,3-4,13-15H2,1-2H3,(H,23,25)(H,24,26). The highest BCUT2D eigenvalue weighted by Gasteiger charge is 2.10. The molecule has 0 radical (unpaired) electrons. The van der Waals surface area contributed by atoms with Gasteiger partial charge >= 0.3 is 5.97 Å². The molecule has 160 valence electrons. The number of thioether (sulfide) groups is 1. The van der Waals surface area contributed by atoms with Gasteiger partial charge in [0.2, 0.25) is 11.8 Å². The summed E-state index contributed by atoms with van der Waals surface area (Å²) in [5.41, 5.74) is 1.61. The molecular formula is C22H26N2O5S. The molecule has 0 saturated heterocycles. The molecule has 0 fully saturated rings. The SMILES string of the molecule is CCCOC(=O)c1ccc(NC(=O)CSCC(=O)Nc2ccccc2OCC)cc1. The van der Waals surface area contributed by atoms with Gasteiger partial charge in [0.1, 0.15) is 5.75 Å². The highest BCUT2D eigenvalue weighted by atomic mass is 32.2. The van der Waals surface area contributed by atoms with E-state index in [-0.39, 0.29) is 29.3 Å². The van der Waals surface area contributed by atoms with Crippen molar-refractivity contribution in [2.24, 2.45) is 0 Å². The minimum Gasteiger partial charge on any atom is -0.492 e. The number of nitrogens with one attached hydrogen (secondary N) is 2. The predicted octanol–water partition coefficient (Wildman–Crippen LogP) is 3.96. The second-order valence-corrected chi connectivity index (χ2v) is 7.22. The van der Waals surface area contributed by atoms with Crippen molar-refractivity contribution >= 4 is 40.9 Å². The van der Waals surface area contributed by atoms with Gasteiger partial charge in [0.15, 0.2) is 0 Å². The van der Waals surface area contributed by atoms with Crippen molar-refractivity contribution in [1.29, 1.82) is 0 Å². The number of anilines is 2. The summed E-state index contributed by atoms with van der Waals surface area (Å²) in [4.78, 5) is 36.0. The van der Waals surface area contributed by atoms with Gasteiger partial charge in [0, 0.05) is 5.69 Å². The van der Waals surface area contributed by atoms with Crippen LogP contribution < -0.4 is 15.4 Å². The van der Waals surface area contributed by atoms with E-state index in [4.69, 9.17) is 9.47 Å². The van der Waals surface area contributed by atoms with E-state index in [1.807, 2.05) is 26.0 Å². The molecule has 0 bridgehead atoms. The highest BCUT2D eigenvalue weighted by Crippen LogP contribution is 2.23. The minimum atomic E-state index is -0.387. The number of rotatable bonds is 11. The number of para-hydroxylation sites is 2. The van der Waals surface area contributed by atoms with Gasteiger partial charge < -0.3 is 20.1 Å². The molecule has 0 atom stereocenters. The van der Waals surface area contributed by atoms with Gasteiger partial charge in [-0.05, 0) is 49.7 Å². The molecule has 0 aromatic heterocycles. The van der Waals surface area contributed by atoms with E-state index < -0.39 is 0 Å². The molecule has 0 aliphatic heterocycles. The lowest BCUT2D eigenvalue weighted by Crippen LogP contribution is -2.18. The third-order valence-corrected chi connectivity index (χ3v) is 4.70. The predicted molar refractivity (Wildman–Crippen MR) is 119 cm³/mol. The van der Waals surface area contributed by atoms with Crippen LogP contribution in [-0.4, -0.2) is 42.5 Å². The Morgan fingerprint density at radius 1 is 0.900 bits per heavy atom. The molecule has 0 aliphatic rings. The molecule has 2 amide bonds. The zero-order valence-corrected chi connectivity index (χ0v) is 17.9. The second-order valence-electron chi connectivity index (χ2n) is 6.23. The van der Waals surface area contributed by atoms with Crippen molar-refractivity contribution in [2.75, 3.05) is 35.4 Å². The molecule has 2 aromatic carbocycles. The first-order valence-corrected chi connectivity index (χ1v) is 10.9. The van der Waals surface area contributed by atoms with E-state index in [0.717, 1.165) is 6.42 Å². The van der Waals surface area contributed by atoms with E-state index in [1.165, 1.54) is 11.8 Å². The number of hydrogen-bond acceptors (Lipinski definition) is 6. The zero-order chi connectivity index (χ0) is 21.8. The van der Waals surface area contributed by atoms with E-state index >= 15 is 0 Å². The van der Waals surface area contributed by atoms with Crippen LogP contribution in [0.4, 0.5) is 11.4 Å². The summed E-state index contributed by atoms with van der Waals surface area (Å²) in [7, 11) is 0. The molecule has 0 heterocycles. The molecule has 30 heavy (non-hydrogen) atoms. The van der Waals surface area contributed by atoms with Crippen LogP contribution in [0.25, 0.3) is 0 Å². The molecule has 8 heteroatoms. The summed E-state index contributed by atoms with van der Waals surface area (Å²) in [5, 5.41) is 5.53. The molecule has 0 aliphatic carbocycles. The molecule has 0 unspecified atom stereocenters. The fraction of sp³-hybridized carbons (Fsp3) is 0.318. The van der Waals surface area contributed by atoms with Crippen molar-refractivity contribution in [3.63, 3.8) is 0 Å². The largest absolute Gasteiger partial charge is 0.492 e. The summed E-state index contributed by atoms with van der Waals surface area (Å²) < 4.78 is 10.5. The first-order chi connectivity index (χ1) is 14.5. The summed E-state index contributed by atoms with van der Waals surface area (Å²) in [6.45, 7) is 4.67. The second kappa shape index (κ2) is 12.5. The van der Waals surface area contributed by atoms with Gasteiger partial charge in [-0.25, -0.2) is 4.79 Å². The minimum absolute atomic E-state index is 0.126. The van der Waals surface area contributed by atoms with Gasteiger partial charge in [-0.2, -0.15) is 0 Å². The van der Waals surface area contributed by atoms with Crippen molar-refractivity contribution in [2.45, 2.75) is 20.3 Å². The smallest absolute Gasteiger partial charge is 0.338 e. The molecule has 2 rings (SSSR count). The summed E-state index contributed by atoms with van der Waals surface area (Å²) in [6.07, 6.45) is 0.759. The Balaban J connectivity index is 1.74. The maximum absolute atomic E-state index is 12.1. The van der Waals surface area contributed by atoms with Crippen LogP contribution in [0.2, 0.25) is 0 Å². The van der Waals surface area contributed by atoms with Gasteiger partial charge in [-0.3, -0.25) is 9.59 Å². The van der Waals surface area contributed by atoms with Crippen LogP contribution in [0.1, 0.15) is 30.6 Å². The van der Waals surface area contributed by atoms with Gasteiger partial charge in [0.25, 0.3) is 0 Å². The lowest BCUT2D eigenvalue weighted by Gasteiger charge is -2.11. The third kappa shape index (κ3) is 7.79.